The van der Waals surface area contributed by atoms with Gasteiger partial charge in [-0.3, -0.25) is 10.1 Å². The van der Waals surface area contributed by atoms with Crippen LogP contribution in [-0.4, -0.2) is 16.0 Å². The number of benzene rings is 3. The van der Waals surface area contributed by atoms with Gasteiger partial charge in [-0.25, -0.2) is 4.98 Å². The largest absolute Gasteiger partial charge is 0.436 e. The van der Waals surface area contributed by atoms with E-state index in [4.69, 9.17) is 16.6 Å². The van der Waals surface area contributed by atoms with Gasteiger partial charge in [-0.1, -0.05) is 39.0 Å². The van der Waals surface area contributed by atoms with E-state index in [1.165, 1.54) is 11.1 Å². The van der Waals surface area contributed by atoms with Crippen LogP contribution in [0.15, 0.2) is 71.1 Å². The fraction of sp³-hybridized carbons (Fsp3) is 0.192. The molecule has 5 nitrogen and oxygen atoms in total. The number of aryl methyl sites for hydroxylation is 1. The first-order valence-electron chi connectivity index (χ1n) is 10.6. The fourth-order valence-corrected chi connectivity index (χ4v) is 3.56. The maximum atomic E-state index is 12.4. The first-order chi connectivity index (χ1) is 15.4. The third-order valence-corrected chi connectivity index (χ3v) is 5.52. The van der Waals surface area contributed by atoms with Crippen LogP contribution < -0.4 is 10.6 Å². The molecular weight excluding hydrogens is 418 g/mol. The Balaban J connectivity index is 1.41. The van der Waals surface area contributed by atoms with Crippen molar-refractivity contribution < 1.29 is 9.21 Å². The molecule has 1 aromatic heterocycles. The number of oxazole rings is 1. The summed E-state index contributed by atoms with van der Waals surface area (Å²) in [6, 6.07) is 21.2. The minimum absolute atomic E-state index is 0.241. The van der Waals surface area contributed by atoms with Crippen molar-refractivity contribution in [1.29, 1.82) is 0 Å². The van der Waals surface area contributed by atoms with Crippen molar-refractivity contribution in [2.45, 2.75) is 33.1 Å². The second-order valence-electron chi connectivity index (χ2n) is 7.94. The lowest BCUT2D eigenvalue weighted by Gasteiger charge is -2.10. The summed E-state index contributed by atoms with van der Waals surface area (Å²) >= 11 is 5.29. The first kappa shape index (κ1) is 21.7. The number of carbonyl (C=O) groups is 1. The van der Waals surface area contributed by atoms with Crippen LogP contribution in [0.4, 0.5) is 5.69 Å². The van der Waals surface area contributed by atoms with E-state index in [2.05, 4.69) is 48.5 Å². The molecule has 0 atom stereocenters. The second kappa shape index (κ2) is 9.32. The number of thiocarbonyl (C=S) groups is 1. The van der Waals surface area contributed by atoms with Gasteiger partial charge in [0.05, 0.1) is 0 Å². The van der Waals surface area contributed by atoms with Crippen LogP contribution >= 0.6 is 12.2 Å². The quantitative estimate of drug-likeness (QED) is 0.354. The Hall–Kier alpha value is -3.51. The summed E-state index contributed by atoms with van der Waals surface area (Å²) in [5.41, 5.74) is 6.22. The van der Waals surface area contributed by atoms with E-state index < -0.39 is 0 Å². The summed E-state index contributed by atoms with van der Waals surface area (Å²) in [6.07, 6.45) is 0.931. The summed E-state index contributed by atoms with van der Waals surface area (Å²) in [5.74, 6) is 0.762. The maximum absolute atomic E-state index is 12.4. The number of nitrogens with zero attached hydrogens (tertiary/aromatic N) is 1. The van der Waals surface area contributed by atoms with Crippen molar-refractivity contribution >= 4 is 40.0 Å². The molecule has 3 aromatic carbocycles. The van der Waals surface area contributed by atoms with Crippen molar-refractivity contribution in [3.8, 4) is 11.5 Å². The molecule has 0 radical (unpaired) electrons. The maximum Gasteiger partial charge on any atom is 0.257 e. The summed E-state index contributed by atoms with van der Waals surface area (Å²) < 4.78 is 5.91. The molecular formula is C26H25N3O2S. The van der Waals surface area contributed by atoms with Crippen molar-refractivity contribution in [1.82, 2.24) is 10.3 Å². The summed E-state index contributed by atoms with van der Waals surface area (Å²) in [5, 5.41) is 5.99. The molecule has 4 rings (SSSR count). The number of carbonyl (C=O) groups excluding carboxylic acids is 1. The predicted molar refractivity (Wildman–Crippen MR) is 133 cm³/mol. The molecule has 0 saturated heterocycles. The third-order valence-electron chi connectivity index (χ3n) is 5.32. The fourth-order valence-electron chi connectivity index (χ4n) is 3.35. The monoisotopic (exact) mass is 443 g/mol. The Morgan fingerprint density at radius 2 is 1.75 bits per heavy atom. The summed E-state index contributed by atoms with van der Waals surface area (Å²) in [4.78, 5) is 17.0. The van der Waals surface area contributed by atoms with Gasteiger partial charge in [0.25, 0.3) is 5.91 Å². The molecule has 0 aliphatic heterocycles. The summed E-state index contributed by atoms with van der Waals surface area (Å²) in [6.45, 7) is 6.39. The minimum atomic E-state index is -0.242. The number of nitrogens with one attached hydrogen (secondary N) is 2. The number of aromatic nitrogens is 1. The van der Waals surface area contributed by atoms with E-state index >= 15 is 0 Å². The van der Waals surface area contributed by atoms with Crippen molar-refractivity contribution in [2.75, 3.05) is 5.32 Å². The predicted octanol–water partition coefficient (Wildman–Crippen LogP) is 6.31. The lowest BCUT2D eigenvalue weighted by Crippen LogP contribution is -2.34. The lowest BCUT2D eigenvalue weighted by molar-refractivity contribution is 0.0977. The third kappa shape index (κ3) is 4.86. The molecule has 0 aliphatic carbocycles. The molecule has 0 bridgehead atoms. The summed E-state index contributed by atoms with van der Waals surface area (Å²) in [7, 11) is 0. The van der Waals surface area contributed by atoms with Gasteiger partial charge in [-0.15, -0.1) is 0 Å². The average Bonchev–Trinajstić information content (AvgIpc) is 3.23. The lowest BCUT2D eigenvalue weighted by atomic mass is 10.0. The van der Waals surface area contributed by atoms with Crippen LogP contribution in [0.2, 0.25) is 0 Å². The molecule has 2 N–H and O–H groups in total. The number of amides is 1. The van der Waals surface area contributed by atoms with E-state index in [-0.39, 0.29) is 11.0 Å². The Morgan fingerprint density at radius 3 is 2.41 bits per heavy atom. The van der Waals surface area contributed by atoms with Crippen molar-refractivity contribution in [3.05, 3.63) is 83.4 Å². The van der Waals surface area contributed by atoms with Gasteiger partial charge < -0.3 is 9.73 Å². The van der Waals surface area contributed by atoms with Gasteiger partial charge in [-0.05, 0) is 84.2 Å². The molecule has 162 valence electrons. The molecule has 1 amide bonds. The Morgan fingerprint density at radius 1 is 1.03 bits per heavy atom. The van der Waals surface area contributed by atoms with E-state index in [9.17, 15) is 4.79 Å². The zero-order chi connectivity index (χ0) is 22.7. The molecule has 0 unspecified atom stereocenters. The zero-order valence-electron chi connectivity index (χ0n) is 18.3. The topological polar surface area (TPSA) is 67.2 Å². The molecule has 0 saturated carbocycles. The van der Waals surface area contributed by atoms with Gasteiger partial charge in [0.15, 0.2) is 10.7 Å². The highest BCUT2D eigenvalue weighted by molar-refractivity contribution is 7.80. The second-order valence-corrected chi connectivity index (χ2v) is 8.35. The molecule has 0 spiro atoms. The molecule has 1 heterocycles. The smallest absolute Gasteiger partial charge is 0.257 e. The SMILES string of the molecule is CCc1ccc(C(=O)NC(=S)Nc2ccc(-c3nc4cc(C(C)C)ccc4o3)cc2)cc1. The number of hydrogen-bond donors (Lipinski definition) is 2. The normalized spacial score (nSPS) is 11.0. The highest BCUT2D eigenvalue weighted by atomic mass is 32.1. The van der Waals surface area contributed by atoms with Crippen LogP contribution in [0.1, 0.15) is 48.2 Å². The van der Waals surface area contributed by atoms with Gasteiger partial charge in [-0.2, -0.15) is 0 Å². The van der Waals surface area contributed by atoms with Crippen molar-refractivity contribution in [3.63, 3.8) is 0 Å². The Kier molecular flexibility index (Phi) is 6.32. The molecule has 6 heteroatoms. The molecule has 32 heavy (non-hydrogen) atoms. The standard InChI is InChI=1S/C26H25N3O2S/c1-4-17-5-7-18(8-6-17)24(30)29-26(32)27-21-12-9-19(10-13-21)25-28-22-15-20(16(2)3)11-14-23(22)31-25/h5-16H,4H2,1-3H3,(H2,27,29,30,32). The van der Waals surface area contributed by atoms with Crippen LogP contribution in [0.5, 0.6) is 0 Å². The van der Waals surface area contributed by atoms with Crippen LogP contribution in [0.3, 0.4) is 0 Å². The Bertz CT molecular complexity index is 1260. The van der Waals surface area contributed by atoms with Gasteiger partial charge in [0, 0.05) is 16.8 Å². The van der Waals surface area contributed by atoms with E-state index in [0.717, 1.165) is 28.8 Å². The van der Waals surface area contributed by atoms with Crippen LogP contribution in [-0.2, 0) is 6.42 Å². The number of hydrogen-bond acceptors (Lipinski definition) is 4. The van der Waals surface area contributed by atoms with E-state index in [0.29, 0.717) is 17.4 Å². The van der Waals surface area contributed by atoms with Gasteiger partial charge in [0.1, 0.15) is 5.52 Å². The molecule has 0 fully saturated rings. The van der Waals surface area contributed by atoms with Gasteiger partial charge in [0.2, 0.25) is 5.89 Å². The van der Waals surface area contributed by atoms with E-state index in [1.54, 1.807) is 12.1 Å². The van der Waals surface area contributed by atoms with Crippen LogP contribution in [0, 0.1) is 0 Å². The number of anilines is 1. The first-order valence-corrected chi connectivity index (χ1v) is 11.1. The average molecular weight is 444 g/mol. The molecule has 4 aromatic rings. The zero-order valence-corrected chi connectivity index (χ0v) is 19.1. The number of rotatable bonds is 5. The highest BCUT2D eigenvalue weighted by Crippen LogP contribution is 2.27. The van der Waals surface area contributed by atoms with Gasteiger partial charge >= 0.3 is 0 Å². The highest BCUT2D eigenvalue weighted by Gasteiger charge is 2.11. The minimum Gasteiger partial charge on any atom is -0.436 e. The Labute approximate surface area is 192 Å². The number of fused-ring (bicyclic) bond motifs is 1. The molecule has 0 aliphatic rings. The van der Waals surface area contributed by atoms with E-state index in [1.807, 2.05) is 42.5 Å². The van der Waals surface area contributed by atoms with Crippen LogP contribution in [0.25, 0.3) is 22.6 Å². The van der Waals surface area contributed by atoms with Crippen molar-refractivity contribution in [2.24, 2.45) is 0 Å².